The Morgan fingerprint density at radius 2 is 2.08 bits per heavy atom. The second-order valence-corrected chi connectivity index (χ2v) is 3.42. The molecule has 1 nitrogen and oxygen atoms in total. The van der Waals surface area contributed by atoms with Gasteiger partial charge in [-0.1, -0.05) is 0 Å². The Kier molecular flexibility index (Phi) is 2.80. The van der Waals surface area contributed by atoms with Crippen LogP contribution in [0.3, 0.4) is 0 Å². The number of hydrogen-bond acceptors (Lipinski definition) is 1. The van der Waals surface area contributed by atoms with Crippen LogP contribution in [-0.2, 0) is 25.2 Å². The van der Waals surface area contributed by atoms with E-state index in [0.29, 0.717) is 0 Å². The first-order valence-corrected chi connectivity index (χ1v) is 5.21. The molecule has 0 radical (unpaired) electrons. The molecule has 0 heterocycles. The topological polar surface area (TPSA) is 9.23 Å². The summed E-state index contributed by atoms with van der Waals surface area (Å²) in [4.78, 5) is 0. The molecule has 2 heteroatoms. The number of benzene rings is 1. The molecule has 13 heavy (non-hydrogen) atoms. The van der Waals surface area contributed by atoms with Crippen LogP contribution in [0.4, 0.5) is 0 Å². The van der Waals surface area contributed by atoms with Gasteiger partial charge >= 0.3 is 93.8 Å². The molecule has 0 saturated carbocycles. The zero-order chi connectivity index (χ0) is 9.10. The van der Waals surface area contributed by atoms with Crippen molar-refractivity contribution in [2.45, 2.75) is 6.42 Å². The van der Waals surface area contributed by atoms with Crippen molar-refractivity contribution in [3.8, 4) is 5.75 Å². The van der Waals surface area contributed by atoms with Gasteiger partial charge in [0.25, 0.3) is 0 Å². The molecule has 0 saturated heterocycles. The Bertz CT molecular complexity index is 366. The van der Waals surface area contributed by atoms with Gasteiger partial charge in [0.05, 0.1) is 0 Å². The Balaban J connectivity index is 2.39. The molecule has 1 aromatic carbocycles. The van der Waals surface area contributed by atoms with E-state index in [-0.39, 0.29) is 0 Å². The molecule has 0 aromatic heterocycles. The van der Waals surface area contributed by atoms with E-state index >= 15 is 0 Å². The summed E-state index contributed by atoms with van der Waals surface area (Å²) in [7, 11) is 0. The summed E-state index contributed by atoms with van der Waals surface area (Å²) in [6, 6.07) is 8.18. The second-order valence-electron chi connectivity index (χ2n) is 2.92. The van der Waals surface area contributed by atoms with Gasteiger partial charge < -0.3 is 0 Å². The molecule has 0 bridgehead atoms. The summed E-state index contributed by atoms with van der Waals surface area (Å²) >= 11 is 1.09. The molecule has 0 N–H and O–H groups in total. The average Bonchev–Trinajstić information content (AvgIpc) is 2.70. The molecule has 0 spiro atoms. The summed E-state index contributed by atoms with van der Waals surface area (Å²) in [6.07, 6.45) is 7.43. The maximum absolute atomic E-state index is 5.38. The molecule has 1 aliphatic carbocycles. The zero-order valence-corrected chi connectivity index (χ0v) is 9.61. The van der Waals surface area contributed by atoms with E-state index < -0.39 is 0 Å². The van der Waals surface area contributed by atoms with Crippen LogP contribution < -0.4 is 2.81 Å². The summed E-state index contributed by atoms with van der Waals surface area (Å²) < 4.78 is 5.38. The molecule has 0 atom stereocenters. The first kappa shape index (κ1) is 8.96. The molecule has 0 aliphatic heterocycles. The van der Waals surface area contributed by atoms with Gasteiger partial charge in [0.2, 0.25) is 0 Å². The second kappa shape index (κ2) is 4.06. The molecule has 2 rings (SSSR count). The van der Waals surface area contributed by atoms with Gasteiger partial charge in [-0.25, -0.2) is 0 Å². The van der Waals surface area contributed by atoms with Crippen LogP contribution in [0.2, 0.25) is 0 Å². The Morgan fingerprint density at radius 1 is 1.23 bits per heavy atom. The molecule has 0 fully saturated rings. The van der Waals surface area contributed by atoms with Crippen LogP contribution in [0.1, 0.15) is 12.0 Å². The first-order valence-electron chi connectivity index (χ1n) is 4.20. The number of para-hydroxylation sites is 1. The third-order valence-electron chi connectivity index (χ3n) is 2.11. The van der Waals surface area contributed by atoms with Crippen molar-refractivity contribution in [1.82, 2.24) is 0 Å². The van der Waals surface area contributed by atoms with Crippen molar-refractivity contribution in [2.75, 3.05) is 0 Å². The monoisotopic (exact) mass is 247 g/mol. The van der Waals surface area contributed by atoms with Gasteiger partial charge in [-0.3, -0.25) is 0 Å². The molecule has 1 aromatic rings. The number of rotatable bonds is 2. The third-order valence-corrected chi connectivity index (χ3v) is 2.65. The van der Waals surface area contributed by atoms with E-state index in [4.69, 9.17) is 2.81 Å². The molecular formula is C11H9OZr. The van der Waals surface area contributed by atoms with E-state index in [1.54, 1.807) is 0 Å². The van der Waals surface area contributed by atoms with Gasteiger partial charge in [0.1, 0.15) is 0 Å². The Hall–Kier alpha value is -0.617. The van der Waals surface area contributed by atoms with Crippen LogP contribution in [0.5, 0.6) is 5.75 Å². The normalized spacial score (nSPS) is 14.2. The molecule has 0 unspecified atom stereocenters. The first-order chi connectivity index (χ1) is 6.42. The van der Waals surface area contributed by atoms with Crippen LogP contribution in [0.25, 0.3) is 5.57 Å². The number of hydrogen-bond donors (Lipinski definition) is 0. The van der Waals surface area contributed by atoms with Gasteiger partial charge in [-0.15, -0.1) is 0 Å². The summed E-state index contributed by atoms with van der Waals surface area (Å²) in [5, 5.41) is 0. The summed E-state index contributed by atoms with van der Waals surface area (Å²) in [5.74, 6) is 0.996. The third kappa shape index (κ3) is 1.83. The van der Waals surface area contributed by atoms with E-state index in [1.807, 2.05) is 18.2 Å². The standard InChI is InChI=1S/C11H10O.Zr/c12-11-8-4-3-7-10(11)9-5-1-2-6-9;/h1-5,7-8,12H,6H2;/q;+1/p-1. The summed E-state index contributed by atoms with van der Waals surface area (Å²) in [6.45, 7) is 0. The van der Waals surface area contributed by atoms with E-state index in [2.05, 4.69) is 24.3 Å². The van der Waals surface area contributed by atoms with Gasteiger partial charge in [-0.05, 0) is 0 Å². The van der Waals surface area contributed by atoms with Gasteiger partial charge in [0, 0.05) is 0 Å². The average molecular weight is 248 g/mol. The van der Waals surface area contributed by atoms with Gasteiger partial charge in [-0.2, -0.15) is 0 Å². The van der Waals surface area contributed by atoms with Crippen molar-refractivity contribution in [3.63, 3.8) is 0 Å². The van der Waals surface area contributed by atoms with Crippen LogP contribution in [0, 0.1) is 0 Å². The maximum atomic E-state index is 5.38. The van der Waals surface area contributed by atoms with E-state index in [9.17, 15) is 0 Å². The van der Waals surface area contributed by atoms with Gasteiger partial charge in [0.15, 0.2) is 0 Å². The van der Waals surface area contributed by atoms with Crippen molar-refractivity contribution < 1.29 is 28.0 Å². The van der Waals surface area contributed by atoms with Crippen LogP contribution in [0.15, 0.2) is 42.5 Å². The van der Waals surface area contributed by atoms with Crippen LogP contribution >= 0.6 is 0 Å². The van der Waals surface area contributed by atoms with Crippen molar-refractivity contribution in [2.24, 2.45) is 0 Å². The Labute approximate surface area is 93.6 Å². The summed E-state index contributed by atoms with van der Waals surface area (Å²) in [5.41, 5.74) is 2.57. The van der Waals surface area contributed by atoms with E-state index in [1.165, 1.54) is 11.1 Å². The van der Waals surface area contributed by atoms with Crippen molar-refractivity contribution in [1.29, 1.82) is 0 Å². The molecular weight excluding hydrogens is 239 g/mol. The molecule has 63 valence electrons. The fourth-order valence-electron chi connectivity index (χ4n) is 1.47. The molecule has 1 aliphatic rings. The minimum atomic E-state index is 0.996. The zero-order valence-electron chi connectivity index (χ0n) is 7.16. The Morgan fingerprint density at radius 3 is 2.77 bits per heavy atom. The van der Waals surface area contributed by atoms with Crippen molar-refractivity contribution >= 4 is 5.57 Å². The predicted octanol–water partition coefficient (Wildman–Crippen LogP) is 2.87. The SMILES string of the molecule is [Zr][O]c1ccccc1C1=CC=CC1. The number of allylic oxidation sites excluding steroid dienone is 4. The molecule has 0 amide bonds. The minimum absolute atomic E-state index is 0.996. The quantitative estimate of drug-likeness (QED) is 0.782. The predicted molar refractivity (Wildman–Crippen MR) is 48.8 cm³/mol. The fourth-order valence-corrected chi connectivity index (χ4v) is 1.91. The fraction of sp³-hybridized carbons (Fsp3) is 0.0909. The van der Waals surface area contributed by atoms with E-state index in [0.717, 1.165) is 37.3 Å². The van der Waals surface area contributed by atoms with Crippen LogP contribution in [-0.4, -0.2) is 0 Å². The van der Waals surface area contributed by atoms with Crippen molar-refractivity contribution in [3.05, 3.63) is 48.1 Å².